The molecular formula is C23H28ClF2N7OS. The minimum Gasteiger partial charge on any atom is -0.481 e. The van der Waals surface area contributed by atoms with E-state index in [9.17, 15) is 8.78 Å². The molecule has 2 N–H and O–H groups in total. The van der Waals surface area contributed by atoms with Crippen molar-refractivity contribution in [2.45, 2.75) is 51.1 Å². The number of nitrogens with one attached hydrogen (secondary N) is 2. The molecule has 4 rings (SSSR count). The normalized spacial score (nSPS) is 11.7. The highest BCUT2D eigenvalue weighted by Crippen LogP contribution is 2.35. The Labute approximate surface area is 212 Å². The van der Waals surface area contributed by atoms with Crippen LogP contribution in [-0.2, 0) is 12.8 Å². The molecule has 3 heterocycles. The Balaban J connectivity index is 0.00000167. The Bertz CT molecular complexity index is 1240. The van der Waals surface area contributed by atoms with E-state index in [1.165, 1.54) is 23.9 Å². The van der Waals surface area contributed by atoms with E-state index in [0.29, 0.717) is 34.3 Å². The van der Waals surface area contributed by atoms with Gasteiger partial charge in [-0.15, -0.1) is 4.80 Å². The van der Waals surface area contributed by atoms with E-state index in [2.05, 4.69) is 29.9 Å². The lowest BCUT2D eigenvalue weighted by molar-refractivity contribution is 0.256. The molecule has 12 heteroatoms. The molecule has 8 nitrogen and oxygen atoms in total. The van der Waals surface area contributed by atoms with Crippen LogP contribution in [0, 0.1) is 0 Å². The van der Waals surface area contributed by atoms with Gasteiger partial charge in [-0.25, -0.2) is 13.8 Å². The summed E-state index contributed by atoms with van der Waals surface area (Å²) in [5.41, 5.74) is 2.57. The number of hydrogen-bond donors (Lipinski definition) is 2. The summed E-state index contributed by atoms with van der Waals surface area (Å²) in [5, 5.41) is 9.77. The average molecular weight is 524 g/mol. The number of fused-ring (bicyclic) bond motifs is 1. The molecule has 0 saturated heterocycles. The first-order valence-electron chi connectivity index (χ1n) is 11.3. The van der Waals surface area contributed by atoms with Crippen molar-refractivity contribution in [1.82, 2.24) is 29.9 Å². The second-order valence-corrected chi connectivity index (χ2v) is 8.44. The van der Waals surface area contributed by atoms with Crippen molar-refractivity contribution in [1.29, 1.82) is 0 Å². The van der Waals surface area contributed by atoms with E-state index in [1.54, 1.807) is 18.5 Å². The predicted octanol–water partition coefficient (Wildman–Crippen LogP) is 6.15. The lowest BCUT2D eigenvalue weighted by Crippen LogP contribution is -2.13. The molecular weight excluding hydrogens is 496 g/mol. The van der Waals surface area contributed by atoms with Crippen LogP contribution in [0.2, 0.25) is 5.02 Å². The minimum absolute atomic E-state index is 0.129. The highest BCUT2D eigenvalue weighted by Gasteiger charge is 2.20. The van der Waals surface area contributed by atoms with Gasteiger partial charge in [0.1, 0.15) is 18.5 Å². The third kappa shape index (κ3) is 6.02. The van der Waals surface area contributed by atoms with Gasteiger partial charge >= 0.3 is 0 Å². The third-order valence-electron chi connectivity index (χ3n) is 4.94. The first-order chi connectivity index (χ1) is 17.0. The van der Waals surface area contributed by atoms with Gasteiger partial charge in [0.15, 0.2) is 0 Å². The molecule has 1 aromatic carbocycles. The predicted molar refractivity (Wildman–Crippen MR) is 136 cm³/mol. The number of halogens is 3. The Morgan fingerprint density at radius 3 is 2.63 bits per heavy atom. The molecule has 0 aliphatic rings. The highest BCUT2D eigenvalue weighted by molar-refractivity contribution is 8.00. The van der Waals surface area contributed by atoms with Crippen molar-refractivity contribution >= 4 is 40.4 Å². The van der Waals surface area contributed by atoms with Crippen LogP contribution in [0.1, 0.15) is 38.4 Å². The molecule has 4 aromatic rings. The second-order valence-electron chi connectivity index (χ2n) is 7.18. The number of aryl methyl sites for hydroxylation is 1. The van der Waals surface area contributed by atoms with Crippen LogP contribution in [0.4, 0.5) is 14.7 Å². The Morgan fingerprint density at radius 2 is 1.97 bits per heavy atom. The zero-order chi connectivity index (χ0) is 25.4. The first kappa shape index (κ1) is 26.7. The average Bonchev–Trinajstić information content (AvgIpc) is 3.55. The number of hydrogen-bond acceptors (Lipinski definition) is 7. The summed E-state index contributed by atoms with van der Waals surface area (Å²) in [4.78, 5) is 14.5. The smallest absolute Gasteiger partial charge is 0.236 e. The van der Waals surface area contributed by atoms with Crippen LogP contribution < -0.4 is 9.46 Å². The van der Waals surface area contributed by atoms with Gasteiger partial charge in [0.25, 0.3) is 0 Å². The topological polar surface area (TPSA) is 93.5 Å². The van der Waals surface area contributed by atoms with Crippen molar-refractivity contribution in [3.05, 3.63) is 47.0 Å². The zero-order valence-electron chi connectivity index (χ0n) is 20.0. The van der Waals surface area contributed by atoms with Gasteiger partial charge in [-0.3, -0.25) is 4.72 Å². The molecule has 0 fully saturated rings. The number of H-pyrrole nitrogens is 1. The highest BCUT2D eigenvalue weighted by atomic mass is 35.5. The van der Waals surface area contributed by atoms with Crippen LogP contribution in [-0.4, -0.2) is 49.9 Å². The third-order valence-corrected chi connectivity index (χ3v) is 6.09. The van der Waals surface area contributed by atoms with Crippen molar-refractivity contribution in [3.63, 3.8) is 0 Å². The SMILES string of the molecule is CC.CCCc1nc(NSc2c[nH]c3c(-n4nccn4)c(Cl)ccc23)nc(OC)c1CC(F)CF. The number of alkyl halides is 2. The standard InChI is InChI=1S/C21H22ClF2N7OS.C2H6/c1-3-4-16-14(9-12(24)10-23)20(32-2)29-21(28-16)30-33-17-11-25-18-13(17)5-6-15(22)19(18)31-26-7-8-27-31;1-2/h5-8,11-12,25H,3-4,9-10H2,1-2H3,(H,28,29,30);1-2H3. The van der Waals surface area contributed by atoms with E-state index >= 15 is 0 Å². The lowest BCUT2D eigenvalue weighted by Gasteiger charge is -2.15. The number of nitrogens with zero attached hydrogens (tertiary/aromatic N) is 5. The fourth-order valence-electron chi connectivity index (χ4n) is 3.49. The second kappa shape index (κ2) is 12.7. The number of methoxy groups -OCH3 is 1. The molecule has 188 valence electrons. The summed E-state index contributed by atoms with van der Waals surface area (Å²) in [6, 6.07) is 3.68. The summed E-state index contributed by atoms with van der Waals surface area (Å²) in [6.07, 6.45) is 4.63. The quantitative estimate of drug-likeness (QED) is 0.241. The van der Waals surface area contributed by atoms with E-state index < -0.39 is 12.8 Å². The van der Waals surface area contributed by atoms with Gasteiger partial charge in [0, 0.05) is 23.6 Å². The number of aromatic nitrogens is 6. The zero-order valence-corrected chi connectivity index (χ0v) is 21.6. The maximum Gasteiger partial charge on any atom is 0.236 e. The fourth-order valence-corrected chi connectivity index (χ4v) is 4.41. The summed E-state index contributed by atoms with van der Waals surface area (Å²) in [5.74, 6) is 0.558. The van der Waals surface area contributed by atoms with Crippen molar-refractivity contribution in [3.8, 4) is 11.6 Å². The maximum atomic E-state index is 13.8. The van der Waals surface area contributed by atoms with Gasteiger partial charge in [-0.05, 0) is 30.5 Å². The summed E-state index contributed by atoms with van der Waals surface area (Å²) >= 11 is 7.69. The van der Waals surface area contributed by atoms with Crippen LogP contribution in [0.5, 0.6) is 5.88 Å². The number of aromatic amines is 1. The van der Waals surface area contributed by atoms with Gasteiger partial charge in [-0.1, -0.05) is 38.8 Å². The molecule has 0 spiro atoms. The van der Waals surface area contributed by atoms with E-state index in [1.807, 2.05) is 33.0 Å². The molecule has 1 unspecified atom stereocenters. The Kier molecular flexibility index (Phi) is 9.67. The van der Waals surface area contributed by atoms with Gasteiger partial charge in [-0.2, -0.15) is 15.2 Å². The summed E-state index contributed by atoms with van der Waals surface area (Å²) < 4.78 is 35.0. The Morgan fingerprint density at radius 1 is 1.23 bits per heavy atom. The minimum atomic E-state index is -1.62. The van der Waals surface area contributed by atoms with E-state index in [0.717, 1.165) is 22.2 Å². The van der Waals surface area contributed by atoms with E-state index in [4.69, 9.17) is 16.3 Å². The molecule has 1 atom stereocenters. The van der Waals surface area contributed by atoms with Crippen molar-refractivity contribution in [2.24, 2.45) is 0 Å². The summed E-state index contributed by atoms with van der Waals surface area (Å²) in [7, 11) is 1.45. The van der Waals surface area contributed by atoms with Crippen LogP contribution in [0.25, 0.3) is 16.6 Å². The molecule has 0 bridgehead atoms. The number of anilines is 1. The number of benzene rings is 1. The molecule has 0 radical (unpaired) electrons. The molecule has 35 heavy (non-hydrogen) atoms. The molecule has 0 aliphatic carbocycles. The number of ether oxygens (including phenoxy) is 1. The monoisotopic (exact) mass is 523 g/mol. The largest absolute Gasteiger partial charge is 0.481 e. The van der Waals surface area contributed by atoms with E-state index in [-0.39, 0.29) is 12.3 Å². The lowest BCUT2D eigenvalue weighted by atomic mass is 10.1. The maximum absolute atomic E-state index is 13.8. The van der Waals surface area contributed by atoms with Crippen LogP contribution in [0.15, 0.2) is 35.6 Å². The van der Waals surface area contributed by atoms with Crippen LogP contribution in [0.3, 0.4) is 0 Å². The van der Waals surface area contributed by atoms with Crippen LogP contribution >= 0.6 is 23.5 Å². The van der Waals surface area contributed by atoms with Crippen molar-refractivity contribution in [2.75, 3.05) is 18.5 Å². The van der Waals surface area contributed by atoms with Gasteiger partial charge in [0.2, 0.25) is 11.8 Å². The first-order valence-corrected chi connectivity index (χ1v) is 12.5. The molecule has 0 amide bonds. The van der Waals surface area contributed by atoms with Gasteiger partial charge in [0.05, 0.1) is 40.6 Å². The number of rotatable bonds is 10. The van der Waals surface area contributed by atoms with Crippen molar-refractivity contribution < 1.29 is 13.5 Å². The Hall–Kier alpha value is -2.92. The molecule has 0 aliphatic heterocycles. The summed E-state index contributed by atoms with van der Waals surface area (Å²) in [6.45, 7) is 4.93. The van der Waals surface area contributed by atoms with Gasteiger partial charge < -0.3 is 9.72 Å². The fraction of sp³-hybridized carbons (Fsp3) is 0.391. The molecule has 3 aromatic heterocycles. The molecule has 0 saturated carbocycles.